The highest BCUT2D eigenvalue weighted by Gasteiger charge is 2.07. The Balaban J connectivity index is 3.60. The lowest BCUT2D eigenvalue weighted by atomic mass is 10.0. The Morgan fingerprint density at radius 3 is 2.18 bits per heavy atom. The highest BCUT2D eigenvalue weighted by atomic mass is 16.3. The summed E-state index contributed by atoms with van der Waals surface area (Å²) >= 11 is 0. The summed E-state index contributed by atoms with van der Waals surface area (Å²) in [6.07, 6.45) is 0. The molecule has 1 aromatic carbocycles. The lowest BCUT2D eigenvalue weighted by Gasteiger charge is -2.07. The van der Waals surface area contributed by atoms with Crippen LogP contribution >= 0.6 is 0 Å². The average Bonchev–Trinajstić information content (AvgIpc) is 2.08. The average molecular weight is 153 g/mol. The Morgan fingerprint density at radius 2 is 1.64 bits per heavy atom. The molecule has 1 rings (SSSR count). The van der Waals surface area contributed by atoms with E-state index in [9.17, 15) is 10.2 Å². The minimum Gasteiger partial charge on any atom is -0.504 e. The molecule has 0 fully saturated rings. The maximum atomic E-state index is 9.36. The molecule has 0 heterocycles. The molecule has 2 heteroatoms. The normalized spacial score (nSPS) is 11.4. The zero-order valence-electron chi connectivity index (χ0n) is 7.89. The summed E-state index contributed by atoms with van der Waals surface area (Å²) in [6.45, 7) is 5.05. The first kappa shape index (κ1) is 6.53. The van der Waals surface area contributed by atoms with Crippen LogP contribution in [0.5, 0.6) is 11.5 Å². The second-order valence-electron chi connectivity index (χ2n) is 2.70. The fraction of sp³-hybridized carbons (Fsp3) is 0.333. The van der Waals surface area contributed by atoms with E-state index in [4.69, 9.17) is 1.37 Å². The van der Waals surface area contributed by atoms with E-state index in [1.807, 2.05) is 0 Å². The van der Waals surface area contributed by atoms with Crippen LogP contribution in [0.4, 0.5) is 0 Å². The topological polar surface area (TPSA) is 40.5 Å². The first-order valence-electron chi connectivity index (χ1n) is 3.95. The fourth-order valence-electron chi connectivity index (χ4n) is 0.967. The predicted molar refractivity (Wildman–Crippen MR) is 44.0 cm³/mol. The van der Waals surface area contributed by atoms with E-state index in [-0.39, 0.29) is 11.5 Å². The standard InChI is InChI=1S/C9H12O2/c1-5-4-6(2)8(10)9(11)7(5)3/h4,10-11H,1-3H3/i4D. The molecule has 0 saturated heterocycles. The summed E-state index contributed by atoms with van der Waals surface area (Å²) in [5, 5.41) is 18.7. The van der Waals surface area contributed by atoms with Crippen molar-refractivity contribution in [1.29, 1.82) is 0 Å². The molecule has 0 amide bonds. The van der Waals surface area contributed by atoms with Crippen LogP contribution in [0.1, 0.15) is 18.1 Å². The molecular weight excluding hydrogens is 140 g/mol. The van der Waals surface area contributed by atoms with Crippen LogP contribution in [0.15, 0.2) is 6.04 Å². The Kier molecular flexibility index (Phi) is 1.46. The molecule has 0 bridgehead atoms. The molecule has 0 radical (unpaired) electrons. The van der Waals surface area contributed by atoms with Gasteiger partial charge in [-0.2, -0.15) is 0 Å². The maximum Gasteiger partial charge on any atom is 0.160 e. The van der Waals surface area contributed by atoms with Crippen molar-refractivity contribution in [2.75, 3.05) is 0 Å². The maximum absolute atomic E-state index is 9.36. The summed E-state index contributed by atoms with van der Waals surface area (Å²) in [5.74, 6) is -0.288. The van der Waals surface area contributed by atoms with Gasteiger partial charge in [0.25, 0.3) is 0 Å². The van der Waals surface area contributed by atoms with Crippen LogP contribution in [0, 0.1) is 20.8 Å². The van der Waals surface area contributed by atoms with E-state index >= 15 is 0 Å². The molecule has 2 N–H and O–H groups in total. The van der Waals surface area contributed by atoms with E-state index in [0.29, 0.717) is 22.7 Å². The van der Waals surface area contributed by atoms with Crippen molar-refractivity contribution in [3.05, 3.63) is 22.7 Å². The van der Waals surface area contributed by atoms with Gasteiger partial charge in [0.05, 0.1) is 1.37 Å². The molecule has 0 aliphatic carbocycles. The Labute approximate surface area is 67.5 Å². The van der Waals surface area contributed by atoms with Crippen LogP contribution < -0.4 is 0 Å². The molecule has 60 valence electrons. The minimum absolute atomic E-state index is 0.110. The molecule has 0 aliphatic rings. The van der Waals surface area contributed by atoms with Gasteiger partial charge in [0.2, 0.25) is 0 Å². The largest absolute Gasteiger partial charge is 0.504 e. The molecule has 0 aliphatic heterocycles. The van der Waals surface area contributed by atoms with Crippen molar-refractivity contribution in [1.82, 2.24) is 0 Å². The minimum atomic E-state index is -0.178. The van der Waals surface area contributed by atoms with Gasteiger partial charge in [-0.25, -0.2) is 0 Å². The van der Waals surface area contributed by atoms with Gasteiger partial charge in [-0.15, -0.1) is 0 Å². The lowest BCUT2D eigenvalue weighted by molar-refractivity contribution is 0.398. The Bertz CT molecular complexity index is 227. The first-order chi connectivity index (χ1) is 5.46. The second kappa shape index (κ2) is 2.46. The van der Waals surface area contributed by atoms with Gasteiger partial charge in [0, 0.05) is 0 Å². The van der Waals surface area contributed by atoms with Crippen LogP contribution in [-0.4, -0.2) is 10.2 Å². The van der Waals surface area contributed by atoms with E-state index in [1.165, 1.54) is 0 Å². The number of phenolic OH excluding ortho intramolecular Hbond substituents is 2. The fourth-order valence-corrected chi connectivity index (χ4v) is 0.967. The molecule has 1 aromatic rings. The third-order valence-corrected chi connectivity index (χ3v) is 1.87. The predicted octanol–water partition coefficient (Wildman–Crippen LogP) is 2.02. The van der Waals surface area contributed by atoms with Crippen molar-refractivity contribution in [3.8, 4) is 11.5 Å². The third kappa shape index (κ3) is 1.16. The van der Waals surface area contributed by atoms with Crippen molar-refractivity contribution >= 4 is 0 Å². The third-order valence-electron chi connectivity index (χ3n) is 1.87. The number of aromatic hydroxyl groups is 2. The SMILES string of the molecule is [2H]c1c(C)c(C)c(O)c(O)c1C. The van der Waals surface area contributed by atoms with Gasteiger partial charge in [-0.3, -0.25) is 0 Å². The Morgan fingerprint density at radius 1 is 1.09 bits per heavy atom. The van der Waals surface area contributed by atoms with Gasteiger partial charge in [-0.1, -0.05) is 6.04 Å². The zero-order chi connectivity index (χ0) is 9.46. The smallest absolute Gasteiger partial charge is 0.160 e. The first-order valence-corrected chi connectivity index (χ1v) is 3.45. The van der Waals surface area contributed by atoms with E-state index in [2.05, 4.69) is 0 Å². The molecule has 0 spiro atoms. The number of phenols is 2. The summed E-state index contributed by atoms with van der Waals surface area (Å²) in [5.41, 5.74) is 1.71. The van der Waals surface area contributed by atoms with Gasteiger partial charge in [0.15, 0.2) is 11.5 Å². The van der Waals surface area contributed by atoms with E-state index < -0.39 is 0 Å². The number of benzene rings is 1. The molecule has 0 atom stereocenters. The number of rotatable bonds is 0. The summed E-state index contributed by atoms with van der Waals surface area (Å²) in [6, 6.07) is 0.294. The van der Waals surface area contributed by atoms with Gasteiger partial charge in [-0.05, 0) is 37.5 Å². The molecule has 2 nitrogen and oxygen atoms in total. The van der Waals surface area contributed by atoms with Gasteiger partial charge >= 0.3 is 0 Å². The highest BCUT2D eigenvalue weighted by Crippen LogP contribution is 2.33. The molecular formula is C9H12O2. The summed E-state index contributed by atoms with van der Waals surface area (Å²) in [4.78, 5) is 0. The van der Waals surface area contributed by atoms with Gasteiger partial charge in [0.1, 0.15) is 0 Å². The van der Waals surface area contributed by atoms with E-state index in [0.717, 1.165) is 0 Å². The molecule has 11 heavy (non-hydrogen) atoms. The lowest BCUT2D eigenvalue weighted by Crippen LogP contribution is -1.85. The van der Waals surface area contributed by atoms with Crippen molar-refractivity contribution < 1.29 is 11.6 Å². The van der Waals surface area contributed by atoms with Crippen LogP contribution in [0.2, 0.25) is 0 Å². The van der Waals surface area contributed by atoms with E-state index in [1.54, 1.807) is 20.8 Å². The molecule has 0 aromatic heterocycles. The van der Waals surface area contributed by atoms with Crippen molar-refractivity contribution in [3.63, 3.8) is 0 Å². The van der Waals surface area contributed by atoms with Gasteiger partial charge < -0.3 is 10.2 Å². The summed E-state index contributed by atoms with van der Waals surface area (Å²) in [7, 11) is 0. The Hall–Kier alpha value is -1.18. The summed E-state index contributed by atoms with van der Waals surface area (Å²) < 4.78 is 7.55. The van der Waals surface area contributed by atoms with Crippen LogP contribution in [-0.2, 0) is 0 Å². The monoisotopic (exact) mass is 153 g/mol. The second-order valence-corrected chi connectivity index (χ2v) is 2.70. The van der Waals surface area contributed by atoms with Crippen LogP contribution in [0.25, 0.3) is 0 Å². The zero-order valence-corrected chi connectivity index (χ0v) is 6.89. The van der Waals surface area contributed by atoms with Crippen molar-refractivity contribution in [2.45, 2.75) is 20.8 Å². The quantitative estimate of drug-likeness (QED) is 0.560. The highest BCUT2D eigenvalue weighted by molar-refractivity contribution is 5.52. The number of hydrogen-bond donors (Lipinski definition) is 2. The van der Waals surface area contributed by atoms with Crippen molar-refractivity contribution in [2.24, 2.45) is 0 Å². The number of hydrogen-bond acceptors (Lipinski definition) is 2. The molecule has 0 saturated carbocycles. The van der Waals surface area contributed by atoms with Crippen LogP contribution in [0.3, 0.4) is 0 Å². The molecule has 0 unspecified atom stereocenters.